The van der Waals surface area contributed by atoms with E-state index in [1.807, 2.05) is 12.1 Å². The van der Waals surface area contributed by atoms with Crippen LogP contribution in [-0.4, -0.2) is 41.3 Å². The predicted octanol–water partition coefficient (Wildman–Crippen LogP) is 2.76. The molecule has 1 aromatic heterocycles. The molecule has 0 unspecified atom stereocenters. The molecule has 6 heteroatoms. The number of carboxylic acids is 1. The number of rotatable bonds is 4. The molecule has 2 atom stereocenters. The predicted molar refractivity (Wildman–Crippen MR) is 83.8 cm³/mol. The van der Waals surface area contributed by atoms with E-state index in [0.717, 1.165) is 17.7 Å². The first-order valence-electron chi connectivity index (χ1n) is 8.01. The topological polar surface area (TPSA) is 62.9 Å². The fourth-order valence-electron chi connectivity index (χ4n) is 3.73. The maximum absolute atomic E-state index is 13.0. The molecular formula is C18H18FNO4. The van der Waals surface area contributed by atoms with Gasteiger partial charge in [-0.25, -0.2) is 9.18 Å². The zero-order valence-electron chi connectivity index (χ0n) is 13.1. The van der Waals surface area contributed by atoms with Crippen LogP contribution in [0.15, 0.2) is 40.8 Å². The van der Waals surface area contributed by atoms with Crippen LogP contribution in [0.4, 0.5) is 4.39 Å². The van der Waals surface area contributed by atoms with E-state index in [2.05, 4.69) is 4.90 Å². The number of ether oxygens (including phenoxy) is 1. The Morgan fingerprint density at radius 1 is 1.29 bits per heavy atom. The van der Waals surface area contributed by atoms with Gasteiger partial charge in [0.05, 0.1) is 6.54 Å². The Labute approximate surface area is 138 Å². The van der Waals surface area contributed by atoms with Crippen molar-refractivity contribution in [3.8, 4) is 11.3 Å². The fourth-order valence-corrected chi connectivity index (χ4v) is 3.73. The van der Waals surface area contributed by atoms with E-state index in [9.17, 15) is 14.3 Å². The van der Waals surface area contributed by atoms with Crippen molar-refractivity contribution in [3.63, 3.8) is 0 Å². The van der Waals surface area contributed by atoms with Gasteiger partial charge < -0.3 is 14.3 Å². The number of likely N-dealkylation sites (tertiary alicyclic amines) is 1. The number of furan rings is 1. The maximum Gasteiger partial charge on any atom is 0.337 e. The van der Waals surface area contributed by atoms with Crippen LogP contribution >= 0.6 is 0 Å². The molecule has 0 spiro atoms. The van der Waals surface area contributed by atoms with Gasteiger partial charge in [0, 0.05) is 31.2 Å². The van der Waals surface area contributed by atoms with Crippen molar-refractivity contribution < 1.29 is 23.4 Å². The first-order valence-corrected chi connectivity index (χ1v) is 8.01. The Bertz CT molecular complexity index is 757. The molecule has 1 N–H and O–H groups in total. The van der Waals surface area contributed by atoms with Gasteiger partial charge in [-0.05, 0) is 42.8 Å². The molecule has 0 aliphatic carbocycles. The van der Waals surface area contributed by atoms with E-state index in [-0.39, 0.29) is 11.7 Å². The van der Waals surface area contributed by atoms with Gasteiger partial charge in [0.1, 0.15) is 17.3 Å². The Hall–Kier alpha value is -2.18. The average Bonchev–Trinajstić information content (AvgIpc) is 3.22. The molecule has 2 saturated heterocycles. The molecule has 5 nitrogen and oxygen atoms in total. The molecule has 3 heterocycles. The van der Waals surface area contributed by atoms with Crippen molar-refractivity contribution >= 4 is 5.97 Å². The summed E-state index contributed by atoms with van der Waals surface area (Å²) in [6.45, 7) is 2.12. The first-order chi connectivity index (χ1) is 11.6. The molecule has 2 aliphatic rings. The molecule has 2 aromatic rings. The van der Waals surface area contributed by atoms with E-state index in [1.165, 1.54) is 12.1 Å². The minimum Gasteiger partial charge on any atom is -0.479 e. The quantitative estimate of drug-likeness (QED) is 0.933. The van der Waals surface area contributed by atoms with Gasteiger partial charge in [-0.1, -0.05) is 0 Å². The summed E-state index contributed by atoms with van der Waals surface area (Å²) >= 11 is 0. The zero-order valence-corrected chi connectivity index (χ0v) is 13.1. The molecule has 0 radical (unpaired) electrons. The summed E-state index contributed by atoms with van der Waals surface area (Å²) in [6, 6.07) is 9.86. The summed E-state index contributed by atoms with van der Waals surface area (Å²) in [5.74, 6) is 0.303. The average molecular weight is 331 g/mol. The number of nitrogens with zero attached hydrogens (tertiary/aromatic N) is 1. The lowest BCUT2D eigenvalue weighted by atomic mass is 9.91. The van der Waals surface area contributed by atoms with Crippen molar-refractivity contribution in [1.82, 2.24) is 4.90 Å². The van der Waals surface area contributed by atoms with Gasteiger partial charge in [0.15, 0.2) is 5.60 Å². The summed E-state index contributed by atoms with van der Waals surface area (Å²) in [7, 11) is 0. The van der Waals surface area contributed by atoms with Gasteiger partial charge in [0.2, 0.25) is 0 Å². The molecule has 4 rings (SSSR count). The van der Waals surface area contributed by atoms with Crippen LogP contribution in [0.3, 0.4) is 0 Å². The third-order valence-electron chi connectivity index (χ3n) is 4.95. The lowest BCUT2D eigenvalue weighted by molar-refractivity contribution is -0.161. The summed E-state index contributed by atoms with van der Waals surface area (Å²) in [6.07, 6.45) is 0.780. The fraction of sp³-hybridized carbons (Fsp3) is 0.389. The molecule has 2 fully saturated rings. The molecule has 1 aromatic carbocycles. The van der Waals surface area contributed by atoms with E-state index >= 15 is 0 Å². The molecule has 0 bridgehead atoms. The van der Waals surface area contributed by atoms with Crippen LogP contribution in [0.25, 0.3) is 11.3 Å². The van der Waals surface area contributed by atoms with Crippen molar-refractivity contribution in [1.29, 1.82) is 0 Å². The summed E-state index contributed by atoms with van der Waals surface area (Å²) in [5, 5.41) is 9.53. The maximum atomic E-state index is 13.0. The number of carbonyl (C=O) groups is 1. The minimum atomic E-state index is -1.06. The highest BCUT2D eigenvalue weighted by molar-refractivity contribution is 5.79. The Morgan fingerprint density at radius 2 is 2.08 bits per heavy atom. The van der Waals surface area contributed by atoms with Crippen molar-refractivity contribution in [2.24, 2.45) is 5.92 Å². The van der Waals surface area contributed by atoms with E-state index < -0.39 is 11.6 Å². The van der Waals surface area contributed by atoms with Gasteiger partial charge in [-0.15, -0.1) is 0 Å². The highest BCUT2D eigenvalue weighted by Crippen LogP contribution is 2.40. The number of hydrogen-bond donors (Lipinski definition) is 1. The van der Waals surface area contributed by atoms with Crippen molar-refractivity contribution in [2.75, 3.05) is 19.7 Å². The van der Waals surface area contributed by atoms with Crippen LogP contribution in [-0.2, 0) is 16.1 Å². The number of aliphatic carboxylic acids is 1. The number of halogens is 1. The smallest absolute Gasteiger partial charge is 0.337 e. The van der Waals surface area contributed by atoms with E-state index in [0.29, 0.717) is 32.0 Å². The van der Waals surface area contributed by atoms with Crippen molar-refractivity contribution in [2.45, 2.75) is 18.6 Å². The molecule has 126 valence electrons. The number of carboxylic acid groups (broad SMARTS) is 1. The Morgan fingerprint density at radius 3 is 2.79 bits per heavy atom. The molecular weight excluding hydrogens is 313 g/mol. The van der Waals surface area contributed by atoms with Crippen LogP contribution in [0.2, 0.25) is 0 Å². The standard InChI is InChI=1S/C18H18FNO4/c19-14-3-1-12(2-4-14)16-6-5-15(24-16)10-20-9-13-7-8-23-18(13,11-20)17(21)22/h1-6,13H,7-11H2,(H,21,22)/t13-,18+/m1/s1. The summed E-state index contributed by atoms with van der Waals surface area (Å²) in [4.78, 5) is 13.7. The third-order valence-corrected chi connectivity index (χ3v) is 4.95. The molecule has 24 heavy (non-hydrogen) atoms. The highest BCUT2D eigenvalue weighted by Gasteiger charge is 2.56. The SMILES string of the molecule is O=C(O)[C@]12CN(Cc3ccc(-c4ccc(F)cc4)o3)C[C@H]1CCO2. The molecule has 0 amide bonds. The Balaban J connectivity index is 1.47. The van der Waals surface area contributed by atoms with Crippen LogP contribution < -0.4 is 0 Å². The van der Waals surface area contributed by atoms with E-state index in [4.69, 9.17) is 9.15 Å². The monoisotopic (exact) mass is 331 g/mol. The largest absolute Gasteiger partial charge is 0.479 e. The zero-order chi connectivity index (χ0) is 16.7. The highest BCUT2D eigenvalue weighted by atomic mass is 19.1. The molecule has 0 saturated carbocycles. The van der Waals surface area contributed by atoms with Gasteiger partial charge in [-0.2, -0.15) is 0 Å². The number of hydrogen-bond acceptors (Lipinski definition) is 4. The van der Waals surface area contributed by atoms with E-state index in [1.54, 1.807) is 12.1 Å². The van der Waals surface area contributed by atoms with Crippen molar-refractivity contribution in [3.05, 3.63) is 48.0 Å². The Kier molecular flexibility index (Phi) is 3.66. The molecule has 2 aliphatic heterocycles. The number of benzene rings is 1. The summed E-state index contributed by atoms with van der Waals surface area (Å²) < 4.78 is 24.4. The van der Waals surface area contributed by atoms with Crippen LogP contribution in [0, 0.1) is 11.7 Å². The lowest BCUT2D eigenvalue weighted by Crippen LogP contribution is -2.45. The minimum absolute atomic E-state index is 0.0292. The van der Waals surface area contributed by atoms with Crippen LogP contribution in [0.5, 0.6) is 0 Å². The normalized spacial score (nSPS) is 26.6. The second-order valence-electron chi connectivity index (χ2n) is 6.47. The van der Waals surface area contributed by atoms with Gasteiger partial charge >= 0.3 is 5.97 Å². The van der Waals surface area contributed by atoms with Gasteiger partial charge in [0.25, 0.3) is 0 Å². The van der Waals surface area contributed by atoms with Gasteiger partial charge in [-0.3, -0.25) is 4.90 Å². The lowest BCUT2D eigenvalue weighted by Gasteiger charge is -2.22. The first kappa shape index (κ1) is 15.4. The second-order valence-corrected chi connectivity index (χ2v) is 6.47. The second kappa shape index (κ2) is 5.72. The van der Waals surface area contributed by atoms with Crippen LogP contribution in [0.1, 0.15) is 12.2 Å². The number of fused-ring (bicyclic) bond motifs is 1. The third kappa shape index (κ3) is 2.52. The summed E-state index contributed by atoms with van der Waals surface area (Å²) in [5.41, 5.74) is -0.252.